The summed E-state index contributed by atoms with van der Waals surface area (Å²) in [7, 11) is 0. The Morgan fingerprint density at radius 1 is 1.29 bits per heavy atom. The quantitative estimate of drug-likeness (QED) is 0.457. The van der Waals surface area contributed by atoms with Crippen LogP contribution < -0.4 is 5.73 Å². The van der Waals surface area contributed by atoms with E-state index in [2.05, 4.69) is 19.9 Å². The highest BCUT2D eigenvalue weighted by atomic mass is 32.2. The minimum absolute atomic E-state index is 0.718. The van der Waals surface area contributed by atoms with Gasteiger partial charge in [0.05, 0.1) is 6.61 Å². The zero-order valence-corrected chi connectivity index (χ0v) is 11.8. The Bertz CT molecular complexity index is 339. The third-order valence-corrected chi connectivity index (χ3v) is 3.65. The molecule has 0 spiro atoms. The lowest BCUT2D eigenvalue weighted by atomic mass is 10.1. The monoisotopic (exact) mass is 253 g/mol. The molecule has 1 aromatic rings. The van der Waals surface area contributed by atoms with E-state index >= 15 is 0 Å². The van der Waals surface area contributed by atoms with Gasteiger partial charge in [0.1, 0.15) is 0 Å². The van der Waals surface area contributed by atoms with E-state index in [1.54, 1.807) is 11.8 Å². The molecular formula is C14H23NOS. The first-order valence-electron chi connectivity index (χ1n) is 6.17. The number of para-hydroxylation sites is 1. The van der Waals surface area contributed by atoms with Crippen molar-refractivity contribution in [3.05, 3.63) is 23.8 Å². The van der Waals surface area contributed by atoms with E-state index < -0.39 is 0 Å². The molecule has 1 rings (SSSR count). The fraction of sp³-hybridized carbons (Fsp3) is 0.571. The standard InChI is InChI=1S/C14H23NOS/c1-11(2)7-8-16-9-10-17-13-6-4-5-12(3)14(13)15/h4-6,11H,7-10,15H2,1-3H3. The Labute approximate surface area is 109 Å². The summed E-state index contributed by atoms with van der Waals surface area (Å²) in [6.07, 6.45) is 1.14. The normalized spacial score (nSPS) is 11.1. The molecule has 0 unspecified atom stereocenters. The first-order chi connectivity index (χ1) is 8.11. The number of anilines is 1. The molecule has 96 valence electrons. The third-order valence-electron chi connectivity index (χ3n) is 2.61. The van der Waals surface area contributed by atoms with Crippen molar-refractivity contribution in [2.45, 2.75) is 32.1 Å². The lowest BCUT2D eigenvalue weighted by Gasteiger charge is -2.09. The van der Waals surface area contributed by atoms with Crippen molar-refractivity contribution in [3.63, 3.8) is 0 Å². The molecular weight excluding hydrogens is 230 g/mol. The Morgan fingerprint density at radius 3 is 2.76 bits per heavy atom. The van der Waals surface area contributed by atoms with E-state index in [-0.39, 0.29) is 0 Å². The van der Waals surface area contributed by atoms with Crippen molar-refractivity contribution in [1.29, 1.82) is 0 Å². The topological polar surface area (TPSA) is 35.2 Å². The molecule has 17 heavy (non-hydrogen) atoms. The molecule has 3 heteroatoms. The van der Waals surface area contributed by atoms with Gasteiger partial charge < -0.3 is 10.5 Å². The summed E-state index contributed by atoms with van der Waals surface area (Å²) in [6, 6.07) is 6.16. The first-order valence-corrected chi connectivity index (χ1v) is 7.15. The molecule has 0 amide bonds. The van der Waals surface area contributed by atoms with E-state index in [1.807, 2.05) is 19.1 Å². The van der Waals surface area contributed by atoms with Gasteiger partial charge in [0.2, 0.25) is 0 Å². The Hall–Kier alpha value is -0.670. The molecule has 0 heterocycles. The van der Waals surface area contributed by atoms with Gasteiger partial charge in [-0.05, 0) is 30.9 Å². The number of rotatable bonds is 7. The van der Waals surface area contributed by atoms with Crippen molar-refractivity contribution < 1.29 is 4.74 Å². The molecule has 0 aliphatic carbocycles. The zero-order chi connectivity index (χ0) is 12.7. The van der Waals surface area contributed by atoms with Crippen LogP contribution in [-0.4, -0.2) is 19.0 Å². The average Bonchev–Trinajstić information content (AvgIpc) is 2.28. The number of aryl methyl sites for hydroxylation is 1. The van der Waals surface area contributed by atoms with Crippen molar-refractivity contribution in [1.82, 2.24) is 0 Å². The lowest BCUT2D eigenvalue weighted by molar-refractivity contribution is 0.138. The van der Waals surface area contributed by atoms with Crippen LogP contribution in [0.2, 0.25) is 0 Å². The molecule has 0 saturated heterocycles. The van der Waals surface area contributed by atoms with Gasteiger partial charge >= 0.3 is 0 Å². The van der Waals surface area contributed by atoms with Gasteiger partial charge in [0.25, 0.3) is 0 Å². The number of hydrogen-bond acceptors (Lipinski definition) is 3. The number of ether oxygens (including phenoxy) is 1. The molecule has 1 aromatic carbocycles. The molecule has 0 atom stereocenters. The Kier molecular flexibility index (Phi) is 6.45. The highest BCUT2D eigenvalue weighted by Gasteiger charge is 2.02. The maximum Gasteiger partial charge on any atom is 0.0560 e. The first kappa shape index (κ1) is 14.4. The SMILES string of the molecule is Cc1cccc(SCCOCCC(C)C)c1N. The second-order valence-corrected chi connectivity index (χ2v) is 5.77. The van der Waals surface area contributed by atoms with Gasteiger partial charge in [-0.3, -0.25) is 0 Å². The summed E-state index contributed by atoms with van der Waals surface area (Å²) in [5.74, 6) is 1.68. The summed E-state index contributed by atoms with van der Waals surface area (Å²) < 4.78 is 5.57. The highest BCUT2D eigenvalue weighted by molar-refractivity contribution is 7.99. The third kappa shape index (κ3) is 5.46. The zero-order valence-electron chi connectivity index (χ0n) is 11.0. The van der Waals surface area contributed by atoms with Crippen LogP contribution in [0.4, 0.5) is 5.69 Å². The number of benzene rings is 1. The van der Waals surface area contributed by atoms with Crippen LogP contribution in [0.5, 0.6) is 0 Å². The van der Waals surface area contributed by atoms with Gasteiger partial charge in [-0.15, -0.1) is 11.8 Å². The maximum atomic E-state index is 6.00. The van der Waals surface area contributed by atoms with Crippen LogP contribution in [0.15, 0.2) is 23.1 Å². The van der Waals surface area contributed by atoms with Gasteiger partial charge in [-0.2, -0.15) is 0 Å². The van der Waals surface area contributed by atoms with Gasteiger partial charge in [0, 0.05) is 22.9 Å². The molecule has 0 saturated carbocycles. The molecule has 0 fully saturated rings. The second kappa shape index (κ2) is 7.62. The van der Waals surface area contributed by atoms with Gasteiger partial charge in [-0.1, -0.05) is 26.0 Å². The van der Waals surface area contributed by atoms with Crippen molar-refractivity contribution >= 4 is 17.4 Å². The van der Waals surface area contributed by atoms with Crippen LogP contribution in [-0.2, 0) is 4.74 Å². The van der Waals surface area contributed by atoms with Crippen LogP contribution in [0.1, 0.15) is 25.8 Å². The predicted octanol–water partition coefficient (Wildman–Crippen LogP) is 3.73. The predicted molar refractivity (Wildman–Crippen MR) is 76.6 cm³/mol. The summed E-state index contributed by atoms with van der Waals surface area (Å²) in [6.45, 7) is 8.13. The molecule has 0 radical (unpaired) electrons. The largest absolute Gasteiger partial charge is 0.398 e. The van der Waals surface area contributed by atoms with Crippen molar-refractivity contribution in [2.24, 2.45) is 5.92 Å². The smallest absolute Gasteiger partial charge is 0.0560 e. The number of nitrogen functional groups attached to an aromatic ring is 1. The Balaban J connectivity index is 2.20. The summed E-state index contributed by atoms with van der Waals surface area (Å²) in [4.78, 5) is 1.16. The minimum Gasteiger partial charge on any atom is -0.398 e. The van der Waals surface area contributed by atoms with Crippen LogP contribution >= 0.6 is 11.8 Å². The molecule has 2 N–H and O–H groups in total. The fourth-order valence-corrected chi connectivity index (χ4v) is 2.32. The van der Waals surface area contributed by atoms with Crippen LogP contribution in [0.3, 0.4) is 0 Å². The minimum atomic E-state index is 0.718. The Morgan fingerprint density at radius 2 is 2.06 bits per heavy atom. The number of hydrogen-bond donors (Lipinski definition) is 1. The van der Waals surface area contributed by atoms with E-state index in [0.717, 1.165) is 47.5 Å². The van der Waals surface area contributed by atoms with Crippen LogP contribution in [0, 0.1) is 12.8 Å². The molecule has 0 aliphatic rings. The summed E-state index contributed by atoms with van der Waals surface area (Å²) >= 11 is 1.77. The molecule has 2 nitrogen and oxygen atoms in total. The van der Waals surface area contributed by atoms with Gasteiger partial charge in [0.15, 0.2) is 0 Å². The maximum absolute atomic E-state index is 6.00. The van der Waals surface area contributed by atoms with Gasteiger partial charge in [-0.25, -0.2) is 0 Å². The van der Waals surface area contributed by atoms with E-state index in [1.165, 1.54) is 0 Å². The average molecular weight is 253 g/mol. The molecule has 0 aliphatic heterocycles. The summed E-state index contributed by atoms with van der Waals surface area (Å²) in [5.41, 5.74) is 8.05. The molecule has 0 bridgehead atoms. The van der Waals surface area contributed by atoms with E-state index in [0.29, 0.717) is 0 Å². The second-order valence-electron chi connectivity index (χ2n) is 4.63. The molecule has 0 aromatic heterocycles. The number of thioether (sulfide) groups is 1. The fourth-order valence-electron chi connectivity index (χ4n) is 1.41. The highest BCUT2D eigenvalue weighted by Crippen LogP contribution is 2.27. The van der Waals surface area contributed by atoms with Crippen molar-refractivity contribution in [2.75, 3.05) is 24.7 Å². The van der Waals surface area contributed by atoms with Crippen LogP contribution in [0.25, 0.3) is 0 Å². The lowest BCUT2D eigenvalue weighted by Crippen LogP contribution is -2.02. The number of nitrogens with two attached hydrogens (primary N) is 1. The van der Waals surface area contributed by atoms with E-state index in [4.69, 9.17) is 10.5 Å². The van der Waals surface area contributed by atoms with Crippen molar-refractivity contribution in [3.8, 4) is 0 Å². The van der Waals surface area contributed by atoms with E-state index in [9.17, 15) is 0 Å². The summed E-state index contributed by atoms with van der Waals surface area (Å²) in [5, 5.41) is 0.